The molecule has 3 N–H and O–H groups in total. The number of aryl methyl sites for hydroxylation is 1. The van der Waals surface area contributed by atoms with Gasteiger partial charge in [-0.1, -0.05) is 12.1 Å². The summed E-state index contributed by atoms with van der Waals surface area (Å²) >= 11 is -1.48. The van der Waals surface area contributed by atoms with E-state index < -0.39 is 28.0 Å². The van der Waals surface area contributed by atoms with Gasteiger partial charge in [-0.25, -0.2) is 4.79 Å². The molecule has 1 aliphatic heterocycles. The Morgan fingerprint density at radius 2 is 1.77 bits per heavy atom. The Morgan fingerprint density at radius 1 is 1.17 bits per heavy atom. The van der Waals surface area contributed by atoms with E-state index in [1.807, 2.05) is 12.1 Å². The number of nitrogens with one attached hydrogen (secondary N) is 1. The van der Waals surface area contributed by atoms with Gasteiger partial charge in [0.25, 0.3) is 0 Å². The molecule has 160 valence electrons. The molecule has 0 saturated carbocycles. The summed E-state index contributed by atoms with van der Waals surface area (Å²) in [4.78, 5) is 11.6. The molecule has 2 aromatic rings. The number of hydrogen-bond acceptors (Lipinski definition) is 5. The van der Waals surface area contributed by atoms with Crippen LogP contribution in [0.5, 0.6) is 0 Å². The van der Waals surface area contributed by atoms with Crippen molar-refractivity contribution in [3.8, 4) is 6.07 Å². The van der Waals surface area contributed by atoms with Crippen molar-refractivity contribution < 1.29 is 19.6 Å². The van der Waals surface area contributed by atoms with Crippen LogP contribution >= 0.6 is 12.4 Å². The minimum atomic E-state index is -1.48. The van der Waals surface area contributed by atoms with Gasteiger partial charge in [0, 0.05) is 6.42 Å². The molecule has 1 fully saturated rings. The zero-order chi connectivity index (χ0) is 20.9. The lowest BCUT2D eigenvalue weighted by Crippen LogP contribution is -2.53. The van der Waals surface area contributed by atoms with Gasteiger partial charge in [0.15, 0.2) is 4.90 Å². The molecule has 0 aromatic heterocycles. The molecule has 2 unspecified atom stereocenters. The predicted octanol–water partition coefficient (Wildman–Crippen LogP) is 2.90. The minimum absolute atomic E-state index is 0. The Bertz CT molecular complexity index is 878. The van der Waals surface area contributed by atoms with Crippen LogP contribution in [0.1, 0.15) is 40.7 Å². The molecule has 1 heterocycles. The molecule has 0 aliphatic carbocycles. The summed E-state index contributed by atoms with van der Waals surface area (Å²) in [5.41, 5.74) is 0.698. The second-order valence-electron chi connectivity index (χ2n) is 7.32. The van der Waals surface area contributed by atoms with Crippen molar-refractivity contribution in [1.29, 1.82) is 5.26 Å². The number of nitriles is 1. The van der Waals surface area contributed by atoms with Crippen LogP contribution in [0.25, 0.3) is 0 Å². The third-order valence-electron chi connectivity index (χ3n) is 5.44. The van der Waals surface area contributed by atoms with Crippen molar-refractivity contribution >= 4 is 29.6 Å². The van der Waals surface area contributed by atoms with Crippen LogP contribution in [0.3, 0.4) is 0 Å². The first-order valence-corrected chi connectivity index (χ1v) is 10.8. The van der Waals surface area contributed by atoms with Crippen LogP contribution in [0.4, 0.5) is 0 Å². The average Bonchev–Trinajstić information content (AvgIpc) is 2.74. The largest absolute Gasteiger partial charge is 0.611 e. The van der Waals surface area contributed by atoms with Gasteiger partial charge >= 0.3 is 5.97 Å². The standard InChI is InChI=1S/C22H24N2O4S.ClH/c23-15-17-3-1-16(2-4-17)5-10-20(22(27)11-13-24-14-12-22)29(28)19-8-6-18(7-9-19)21(25)26;/h1-4,6-9,20,24,27H,5,10-14H2,(H,25,26);1H. The highest BCUT2D eigenvalue weighted by molar-refractivity contribution is 7.92. The molecule has 2 aromatic carbocycles. The van der Waals surface area contributed by atoms with Gasteiger partial charge in [0.2, 0.25) is 0 Å². The summed E-state index contributed by atoms with van der Waals surface area (Å²) < 4.78 is 13.4. The second kappa shape index (κ2) is 10.8. The smallest absolute Gasteiger partial charge is 0.335 e. The SMILES string of the molecule is Cl.N#Cc1ccc(CCC([S+]([O-])c2ccc(C(=O)O)cc2)C2(O)CCNCC2)cc1. The summed E-state index contributed by atoms with van der Waals surface area (Å²) in [6, 6.07) is 15.4. The number of piperidine rings is 1. The summed E-state index contributed by atoms with van der Waals surface area (Å²) in [7, 11) is 0. The zero-order valence-corrected chi connectivity index (χ0v) is 18.0. The van der Waals surface area contributed by atoms with Gasteiger partial charge in [-0.05, 0) is 85.5 Å². The minimum Gasteiger partial charge on any atom is -0.611 e. The Kier molecular flexibility index (Phi) is 8.71. The summed E-state index contributed by atoms with van der Waals surface area (Å²) in [5.74, 6) is -1.03. The number of halogens is 1. The molecular formula is C22H25ClN2O4S. The van der Waals surface area contributed by atoms with E-state index in [0.29, 0.717) is 49.2 Å². The maximum atomic E-state index is 13.4. The first-order chi connectivity index (χ1) is 13.9. The van der Waals surface area contributed by atoms with E-state index in [0.717, 1.165) is 5.56 Å². The van der Waals surface area contributed by atoms with Crippen LogP contribution in [0, 0.1) is 11.3 Å². The predicted molar refractivity (Wildman–Crippen MR) is 117 cm³/mol. The summed E-state index contributed by atoms with van der Waals surface area (Å²) in [5, 5.41) is 32.1. The van der Waals surface area contributed by atoms with E-state index in [-0.39, 0.29) is 18.0 Å². The third kappa shape index (κ3) is 5.75. The Morgan fingerprint density at radius 3 is 2.30 bits per heavy atom. The molecule has 0 spiro atoms. The lowest BCUT2D eigenvalue weighted by atomic mass is 9.86. The highest BCUT2D eigenvalue weighted by Gasteiger charge is 2.45. The molecule has 0 bridgehead atoms. The fraction of sp³-hybridized carbons (Fsp3) is 0.364. The number of hydrogen-bond donors (Lipinski definition) is 3. The van der Waals surface area contributed by atoms with Crippen molar-refractivity contribution in [3.63, 3.8) is 0 Å². The Balaban J connectivity index is 0.00000320. The maximum absolute atomic E-state index is 13.4. The normalized spacial score (nSPS) is 17.2. The molecule has 8 heteroatoms. The Labute approximate surface area is 185 Å². The van der Waals surface area contributed by atoms with E-state index in [2.05, 4.69) is 11.4 Å². The van der Waals surface area contributed by atoms with Crippen molar-refractivity contribution in [2.75, 3.05) is 13.1 Å². The number of benzene rings is 2. The van der Waals surface area contributed by atoms with Gasteiger partial charge in [-0.2, -0.15) is 5.26 Å². The number of carbonyl (C=O) groups is 1. The van der Waals surface area contributed by atoms with Crippen molar-refractivity contribution in [1.82, 2.24) is 5.32 Å². The molecule has 0 amide bonds. The zero-order valence-electron chi connectivity index (χ0n) is 16.4. The van der Waals surface area contributed by atoms with Gasteiger partial charge in [-0.3, -0.25) is 0 Å². The molecule has 6 nitrogen and oxygen atoms in total. The van der Waals surface area contributed by atoms with Crippen LogP contribution in [-0.2, 0) is 17.6 Å². The van der Waals surface area contributed by atoms with Crippen LogP contribution in [-0.4, -0.2) is 44.7 Å². The summed E-state index contributed by atoms with van der Waals surface area (Å²) in [6.45, 7) is 1.33. The number of rotatable bonds is 7. The number of nitrogens with zero attached hydrogens (tertiary/aromatic N) is 1. The fourth-order valence-electron chi connectivity index (χ4n) is 3.70. The average molecular weight is 449 g/mol. The number of aliphatic hydroxyl groups is 1. The first-order valence-electron chi connectivity index (χ1n) is 9.59. The van der Waals surface area contributed by atoms with Crippen LogP contribution in [0.2, 0.25) is 0 Å². The lowest BCUT2D eigenvalue weighted by Gasteiger charge is -2.39. The molecule has 3 rings (SSSR count). The lowest BCUT2D eigenvalue weighted by molar-refractivity contribution is 0.00438. The van der Waals surface area contributed by atoms with E-state index in [1.165, 1.54) is 12.1 Å². The molecule has 1 saturated heterocycles. The van der Waals surface area contributed by atoms with Crippen molar-refractivity contribution in [2.45, 2.75) is 41.4 Å². The van der Waals surface area contributed by atoms with E-state index in [1.54, 1.807) is 24.3 Å². The van der Waals surface area contributed by atoms with Crippen molar-refractivity contribution in [2.24, 2.45) is 0 Å². The van der Waals surface area contributed by atoms with Gasteiger partial charge in [0.1, 0.15) is 10.9 Å². The van der Waals surface area contributed by atoms with E-state index in [4.69, 9.17) is 10.4 Å². The van der Waals surface area contributed by atoms with Gasteiger partial charge in [-0.15, -0.1) is 12.4 Å². The Hall–Kier alpha value is -2.08. The van der Waals surface area contributed by atoms with Gasteiger partial charge in [0.05, 0.1) is 17.2 Å². The molecular weight excluding hydrogens is 424 g/mol. The second-order valence-corrected chi connectivity index (χ2v) is 8.95. The molecule has 2 atom stereocenters. The van der Waals surface area contributed by atoms with Crippen molar-refractivity contribution in [3.05, 3.63) is 65.2 Å². The molecule has 0 radical (unpaired) electrons. The number of aromatic carboxylic acids is 1. The van der Waals surface area contributed by atoms with Crippen LogP contribution in [0.15, 0.2) is 53.4 Å². The van der Waals surface area contributed by atoms with Gasteiger partial charge < -0.3 is 20.1 Å². The van der Waals surface area contributed by atoms with Crippen LogP contribution < -0.4 is 5.32 Å². The monoisotopic (exact) mass is 448 g/mol. The highest BCUT2D eigenvalue weighted by atomic mass is 35.5. The van der Waals surface area contributed by atoms with E-state index >= 15 is 0 Å². The number of carboxylic acids is 1. The first kappa shape index (κ1) is 24.2. The summed E-state index contributed by atoms with van der Waals surface area (Å²) in [6.07, 6.45) is 2.19. The topological polar surface area (TPSA) is 116 Å². The highest BCUT2D eigenvalue weighted by Crippen LogP contribution is 2.34. The molecule has 1 aliphatic rings. The molecule has 30 heavy (non-hydrogen) atoms. The van der Waals surface area contributed by atoms with E-state index in [9.17, 15) is 14.5 Å². The maximum Gasteiger partial charge on any atom is 0.335 e. The number of carboxylic acid groups (broad SMARTS) is 1. The quantitative estimate of drug-likeness (QED) is 0.561. The third-order valence-corrected chi connectivity index (χ3v) is 7.37. The fourth-order valence-corrected chi connectivity index (χ4v) is 5.40.